The molecule has 1 aromatic rings. The number of aromatic nitrogens is 1. The lowest BCUT2D eigenvalue weighted by molar-refractivity contribution is 0.513. The van der Waals surface area contributed by atoms with Crippen LogP contribution in [-0.2, 0) is 0 Å². The van der Waals surface area contributed by atoms with Gasteiger partial charge in [0, 0.05) is 17.2 Å². The van der Waals surface area contributed by atoms with Crippen molar-refractivity contribution in [2.45, 2.75) is 0 Å². The Morgan fingerprint density at radius 1 is 1.22 bits per heavy atom. The Bertz CT molecular complexity index is 176. The summed E-state index contributed by atoms with van der Waals surface area (Å²) in [4.78, 5) is 2.82. The van der Waals surface area contributed by atoms with E-state index in [1.807, 2.05) is 0 Å². The maximum Gasteiger partial charge on any atom is 0.216 e. The number of pyridine rings is 1. The first-order valence-electron chi connectivity index (χ1n) is 2.17. The highest BCUT2D eigenvalue weighted by Crippen LogP contribution is 2.08. The second kappa shape index (κ2) is 2.27. The molecule has 0 N–H and O–H groups in total. The predicted molar refractivity (Wildman–Crippen MR) is 29.2 cm³/mol. The van der Waals surface area contributed by atoms with Crippen molar-refractivity contribution in [3.63, 3.8) is 0 Å². The van der Waals surface area contributed by atoms with Crippen LogP contribution in [0.1, 0.15) is 0 Å². The first-order chi connectivity index (χ1) is 4.18. The van der Waals surface area contributed by atoms with Crippen LogP contribution in [0.5, 0.6) is 0 Å². The molecule has 0 saturated carbocycles. The van der Waals surface area contributed by atoms with Crippen LogP contribution in [0.2, 0.25) is 5.02 Å². The van der Waals surface area contributed by atoms with Crippen LogP contribution in [-0.4, -0.2) is 4.98 Å². The van der Waals surface area contributed by atoms with Gasteiger partial charge in [0.25, 0.3) is 0 Å². The Morgan fingerprint density at radius 3 is 2.00 bits per heavy atom. The predicted octanol–water partition coefficient (Wildman–Crippen LogP) is 2.01. The van der Waals surface area contributed by atoms with Gasteiger partial charge >= 0.3 is 0 Å². The van der Waals surface area contributed by atoms with Gasteiger partial charge in [0.1, 0.15) is 0 Å². The quantitative estimate of drug-likeness (QED) is 0.515. The van der Waals surface area contributed by atoms with Crippen LogP contribution in [0.3, 0.4) is 0 Å². The Hall–Kier alpha value is -0.700. The topological polar surface area (TPSA) is 12.9 Å². The lowest BCUT2D eigenvalue weighted by atomic mass is 10.5. The van der Waals surface area contributed by atoms with Crippen molar-refractivity contribution in [2.75, 3.05) is 0 Å². The Morgan fingerprint density at radius 2 is 1.67 bits per heavy atom. The maximum atomic E-state index is 12.0. The Kier molecular flexibility index (Phi) is 1.62. The highest BCUT2D eigenvalue weighted by Gasteiger charge is 1.97. The molecule has 4 heteroatoms. The lowest BCUT2D eigenvalue weighted by Crippen LogP contribution is -1.85. The van der Waals surface area contributed by atoms with E-state index in [1.54, 1.807) is 0 Å². The summed E-state index contributed by atoms with van der Waals surface area (Å²) in [6.07, 6.45) is 0. The first kappa shape index (κ1) is 6.42. The van der Waals surface area contributed by atoms with E-state index < -0.39 is 11.9 Å². The second-order valence-electron chi connectivity index (χ2n) is 1.43. The minimum absolute atomic E-state index is 0.0139. The molecule has 0 amide bonds. The zero-order chi connectivity index (χ0) is 6.85. The molecule has 1 nitrogen and oxygen atoms in total. The van der Waals surface area contributed by atoms with Crippen LogP contribution >= 0.6 is 11.6 Å². The zero-order valence-corrected chi connectivity index (χ0v) is 4.99. The van der Waals surface area contributed by atoms with Gasteiger partial charge in [-0.2, -0.15) is 13.8 Å². The summed E-state index contributed by atoms with van der Waals surface area (Å²) in [5.74, 6) is -1.81. The number of hydrogen-bond acceptors (Lipinski definition) is 1. The molecular formula is C5H2ClF2N. The third kappa shape index (κ3) is 1.61. The molecule has 1 rings (SSSR count). The fourth-order valence-electron chi connectivity index (χ4n) is 0.436. The number of nitrogens with zero attached hydrogens (tertiary/aromatic N) is 1. The summed E-state index contributed by atoms with van der Waals surface area (Å²) < 4.78 is 24.0. The van der Waals surface area contributed by atoms with Gasteiger partial charge < -0.3 is 0 Å². The fraction of sp³-hybridized carbons (Fsp3) is 0. The standard InChI is InChI=1S/C5H2ClF2N/c6-3-1-4(7)9-5(8)2-3/h1-2H. The number of rotatable bonds is 0. The molecule has 0 aliphatic rings. The van der Waals surface area contributed by atoms with Crippen LogP contribution in [0.4, 0.5) is 8.78 Å². The highest BCUT2D eigenvalue weighted by atomic mass is 35.5. The van der Waals surface area contributed by atoms with Gasteiger partial charge in [0.2, 0.25) is 11.9 Å². The minimum Gasteiger partial charge on any atom is -0.190 e. The van der Waals surface area contributed by atoms with Crippen molar-refractivity contribution in [3.05, 3.63) is 29.1 Å². The van der Waals surface area contributed by atoms with Gasteiger partial charge in [0.05, 0.1) is 0 Å². The maximum absolute atomic E-state index is 12.0. The molecule has 1 heterocycles. The molecule has 0 aliphatic heterocycles. The third-order valence-electron chi connectivity index (χ3n) is 0.728. The number of halogens is 3. The van der Waals surface area contributed by atoms with E-state index in [9.17, 15) is 8.78 Å². The summed E-state index contributed by atoms with van der Waals surface area (Å²) in [6.45, 7) is 0. The molecule has 0 radical (unpaired) electrons. The molecule has 9 heavy (non-hydrogen) atoms. The summed E-state index contributed by atoms with van der Waals surface area (Å²) in [6, 6.07) is 1.87. The smallest absolute Gasteiger partial charge is 0.190 e. The van der Waals surface area contributed by atoms with E-state index in [4.69, 9.17) is 11.6 Å². The summed E-state index contributed by atoms with van der Waals surface area (Å²) >= 11 is 5.23. The molecule has 0 unspecified atom stereocenters. The monoisotopic (exact) mass is 149 g/mol. The Balaban J connectivity index is 3.17. The van der Waals surface area contributed by atoms with Crippen LogP contribution in [0, 0.1) is 11.9 Å². The van der Waals surface area contributed by atoms with Gasteiger partial charge in [-0.05, 0) is 0 Å². The summed E-state index contributed by atoms with van der Waals surface area (Å²) in [5, 5.41) is 0.0139. The van der Waals surface area contributed by atoms with Crippen molar-refractivity contribution >= 4 is 11.6 Å². The van der Waals surface area contributed by atoms with E-state index >= 15 is 0 Å². The molecule has 0 saturated heterocycles. The second-order valence-corrected chi connectivity index (χ2v) is 1.87. The van der Waals surface area contributed by atoms with E-state index in [1.165, 1.54) is 0 Å². The molecule has 0 bridgehead atoms. The van der Waals surface area contributed by atoms with Crippen LogP contribution in [0.25, 0.3) is 0 Å². The molecule has 48 valence electrons. The molecular weight excluding hydrogens is 148 g/mol. The normalized spacial score (nSPS) is 9.67. The van der Waals surface area contributed by atoms with E-state index in [0.29, 0.717) is 0 Å². The Labute approximate surface area is 55.3 Å². The van der Waals surface area contributed by atoms with Gasteiger partial charge in [-0.25, -0.2) is 0 Å². The van der Waals surface area contributed by atoms with Crippen molar-refractivity contribution in [2.24, 2.45) is 0 Å². The van der Waals surface area contributed by atoms with Gasteiger partial charge in [-0.15, -0.1) is 0 Å². The molecule has 0 aromatic carbocycles. The van der Waals surface area contributed by atoms with Crippen molar-refractivity contribution in [1.29, 1.82) is 0 Å². The summed E-state index contributed by atoms with van der Waals surface area (Å²) in [5.41, 5.74) is 0. The van der Waals surface area contributed by atoms with Gasteiger partial charge in [0.15, 0.2) is 0 Å². The van der Waals surface area contributed by atoms with E-state index in [-0.39, 0.29) is 5.02 Å². The van der Waals surface area contributed by atoms with Gasteiger partial charge in [-0.3, -0.25) is 0 Å². The largest absolute Gasteiger partial charge is 0.216 e. The minimum atomic E-state index is -0.903. The molecule has 0 aliphatic carbocycles. The molecule has 0 fully saturated rings. The average molecular weight is 150 g/mol. The molecule has 0 atom stereocenters. The highest BCUT2D eigenvalue weighted by molar-refractivity contribution is 6.30. The zero-order valence-electron chi connectivity index (χ0n) is 4.24. The number of hydrogen-bond donors (Lipinski definition) is 0. The molecule has 1 aromatic heterocycles. The van der Waals surface area contributed by atoms with Crippen LogP contribution in [0.15, 0.2) is 12.1 Å². The van der Waals surface area contributed by atoms with E-state index in [2.05, 4.69) is 4.98 Å². The van der Waals surface area contributed by atoms with Crippen LogP contribution < -0.4 is 0 Å². The van der Waals surface area contributed by atoms with Gasteiger partial charge in [-0.1, -0.05) is 11.6 Å². The first-order valence-corrected chi connectivity index (χ1v) is 2.55. The fourth-order valence-corrected chi connectivity index (χ4v) is 0.616. The third-order valence-corrected chi connectivity index (χ3v) is 0.946. The van der Waals surface area contributed by atoms with Crippen molar-refractivity contribution in [3.8, 4) is 0 Å². The average Bonchev–Trinajstić information content (AvgIpc) is 1.59. The molecule has 0 spiro atoms. The summed E-state index contributed by atoms with van der Waals surface area (Å²) in [7, 11) is 0. The SMILES string of the molecule is Fc1cc(Cl)cc(F)n1. The van der Waals surface area contributed by atoms with E-state index in [0.717, 1.165) is 12.1 Å². The van der Waals surface area contributed by atoms with Crippen molar-refractivity contribution < 1.29 is 8.78 Å². The lowest BCUT2D eigenvalue weighted by Gasteiger charge is -1.88. The van der Waals surface area contributed by atoms with Crippen molar-refractivity contribution in [1.82, 2.24) is 4.98 Å².